The van der Waals surface area contributed by atoms with Gasteiger partial charge in [-0.25, -0.2) is 4.79 Å². The van der Waals surface area contributed by atoms with Crippen molar-refractivity contribution >= 4 is 101 Å². The summed E-state index contributed by atoms with van der Waals surface area (Å²) in [6.45, 7) is -2.89. The predicted octanol–water partition coefficient (Wildman–Crippen LogP) is -9.44. The fourth-order valence-corrected chi connectivity index (χ4v) is 7.20. The quantitative estimate of drug-likeness (QED) is 0.0292. The molecule has 0 saturated carbocycles. The molecule has 0 fully saturated rings. The molecule has 0 aliphatic rings. The van der Waals surface area contributed by atoms with Crippen molar-refractivity contribution in [2.45, 2.75) is 112 Å². The summed E-state index contributed by atoms with van der Waals surface area (Å²) in [6.07, 6.45) is -5.34. The molecule has 0 heterocycles. The Morgan fingerprint density at radius 1 is 0.512 bits per heavy atom. The van der Waals surface area contributed by atoms with Crippen molar-refractivity contribution in [3.63, 3.8) is 0 Å². The Hall–Kier alpha value is -8.54. The molecule has 80 heavy (non-hydrogen) atoms. The van der Waals surface area contributed by atoms with E-state index >= 15 is 0 Å². The average molecular weight is 1160 g/mol. The lowest BCUT2D eigenvalue weighted by molar-refractivity contribution is -0.145. The number of hydrogen-bond donors (Lipinski definition) is 19. The molecule has 0 aliphatic heterocycles. The standard InChI is InChI=1S/C45H66N12O22S/c1-20(60)36(45(78)79)57-42(75)25(13-30(47)61)54-39(72)23(10-11-80-2)52-38(71)22(8-9-33(64)65)51-41(74)27(15-35(68)69)55-44(77)29(19-59)56-40(73)24(12-21-6-4-3-5-7-21)53-43(76)28(18-58)50-32(63)17-48-37(70)26(14-34(66)67)49-31(62)16-46/h3-7,20,22-29,36,58-60H,8-19,46H2,1-2H3,(H2,47,61)(H,48,70)(H,49,62)(H,50,63)(H,51,74)(H,52,71)(H,53,76)(H,54,72)(H,55,77)(H,56,73)(H,57,75)(H,64,65)(H,66,67)(H,68,69)(H,78,79)/t20-,22+,23+,24+,25+,26+,27+,28+,29+,36+/m1/s1. The van der Waals surface area contributed by atoms with Gasteiger partial charge >= 0.3 is 23.9 Å². The van der Waals surface area contributed by atoms with Crippen LogP contribution in [0.2, 0.25) is 0 Å². The van der Waals surface area contributed by atoms with E-state index in [0.717, 1.165) is 18.7 Å². The smallest absolute Gasteiger partial charge is 0.328 e. The molecule has 0 bridgehead atoms. The molecule has 0 aromatic heterocycles. The zero-order valence-electron chi connectivity index (χ0n) is 43.0. The number of carboxylic acids is 4. The zero-order chi connectivity index (χ0) is 60.8. The van der Waals surface area contributed by atoms with Gasteiger partial charge in [-0.2, -0.15) is 11.8 Å². The van der Waals surface area contributed by atoms with Crippen molar-refractivity contribution in [3.05, 3.63) is 35.9 Å². The summed E-state index contributed by atoms with van der Waals surface area (Å²) in [7, 11) is 0. The first kappa shape index (κ1) is 69.5. The molecule has 11 amide bonds. The van der Waals surface area contributed by atoms with E-state index in [9.17, 15) is 103 Å². The fraction of sp³-hybridized carbons (Fsp3) is 0.533. The van der Waals surface area contributed by atoms with Gasteiger partial charge in [-0.3, -0.25) is 67.1 Å². The van der Waals surface area contributed by atoms with E-state index in [1.165, 1.54) is 12.1 Å². The number of thioether (sulfide) groups is 1. The van der Waals surface area contributed by atoms with Crippen LogP contribution in [0.1, 0.15) is 51.0 Å². The van der Waals surface area contributed by atoms with E-state index in [1.54, 1.807) is 24.5 Å². The molecule has 10 atom stereocenters. The van der Waals surface area contributed by atoms with Crippen molar-refractivity contribution in [2.24, 2.45) is 11.5 Å². The van der Waals surface area contributed by atoms with Crippen LogP contribution in [0.5, 0.6) is 0 Å². The molecule has 0 spiro atoms. The lowest BCUT2D eigenvalue weighted by Crippen LogP contribution is -2.61. The number of nitrogens with one attached hydrogen (secondary N) is 10. The van der Waals surface area contributed by atoms with E-state index in [-0.39, 0.29) is 18.6 Å². The van der Waals surface area contributed by atoms with E-state index in [2.05, 4.69) is 37.2 Å². The highest BCUT2D eigenvalue weighted by atomic mass is 32.2. The number of benzene rings is 1. The summed E-state index contributed by atoms with van der Waals surface area (Å²) < 4.78 is 0. The molecule has 0 unspecified atom stereocenters. The molecule has 35 heteroatoms. The highest BCUT2D eigenvalue weighted by Gasteiger charge is 2.36. The first-order valence-electron chi connectivity index (χ1n) is 23.9. The lowest BCUT2D eigenvalue weighted by Gasteiger charge is -2.27. The van der Waals surface area contributed by atoms with Crippen molar-refractivity contribution in [2.75, 3.05) is 38.3 Å². The van der Waals surface area contributed by atoms with Crippen molar-refractivity contribution in [1.82, 2.24) is 53.2 Å². The number of aliphatic hydroxyl groups excluding tert-OH is 3. The Morgan fingerprint density at radius 2 is 0.925 bits per heavy atom. The summed E-state index contributed by atoms with van der Waals surface area (Å²) in [5.74, 6) is -19.8. The van der Waals surface area contributed by atoms with E-state index in [4.69, 9.17) is 16.6 Å². The highest BCUT2D eigenvalue weighted by molar-refractivity contribution is 7.98. The molecule has 0 saturated heterocycles. The van der Waals surface area contributed by atoms with E-state index < -0.39 is 208 Å². The minimum Gasteiger partial charge on any atom is -0.481 e. The molecule has 21 N–H and O–H groups in total. The number of aliphatic hydroxyl groups is 3. The van der Waals surface area contributed by atoms with Crippen molar-refractivity contribution < 1.29 is 108 Å². The van der Waals surface area contributed by atoms with Gasteiger partial charge in [0, 0.05) is 12.8 Å². The largest absolute Gasteiger partial charge is 0.481 e. The maximum absolute atomic E-state index is 13.8. The number of carbonyl (C=O) groups excluding carboxylic acids is 11. The maximum Gasteiger partial charge on any atom is 0.328 e. The van der Waals surface area contributed by atoms with E-state index in [1.807, 2.05) is 16.0 Å². The number of aliphatic carboxylic acids is 4. The Labute approximate surface area is 458 Å². The Kier molecular flexibility index (Phi) is 31.1. The predicted molar refractivity (Wildman–Crippen MR) is 271 cm³/mol. The first-order chi connectivity index (χ1) is 37.6. The van der Waals surface area contributed by atoms with Crippen LogP contribution >= 0.6 is 11.8 Å². The number of amides is 11. The van der Waals surface area contributed by atoms with Crippen LogP contribution in [0.4, 0.5) is 0 Å². The van der Waals surface area contributed by atoms with Crippen molar-refractivity contribution in [3.8, 4) is 0 Å². The molecular formula is C45H66N12O22S. The van der Waals surface area contributed by atoms with Crippen LogP contribution in [-0.4, -0.2) is 223 Å². The minimum absolute atomic E-state index is 0.111. The van der Waals surface area contributed by atoms with Gasteiger partial charge < -0.3 is 100 Å². The summed E-state index contributed by atoms with van der Waals surface area (Å²) >= 11 is 1.15. The van der Waals surface area contributed by atoms with E-state index in [0.29, 0.717) is 5.56 Å². The fourth-order valence-electron chi connectivity index (χ4n) is 6.73. The van der Waals surface area contributed by atoms with Gasteiger partial charge in [0.15, 0.2) is 6.04 Å². The number of carbonyl (C=O) groups is 15. The molecule has 0 aliphatic carbocycles. The van der Waals surface area contributed by atoms with Gasteiger partial charge in [-0.1, -0.05) is 30.3 Å². The van der Waals surface area contributed by atoms with Gasteiger partial charge in [-0.15, -0.1) is 0 Å². The van der Waals surface area contributed by atoms with Crippen LogP contribution in [0.25, 0.3) is 0 Å². The first-order valence-corrected chi connectivity index (χ1v) is 25.2. The second-order valence-electron chi connectivity index (χ2n) is 17.2. The molecule has 0 radical (unpaired) electrons. The minimum atomic E-state index is -2.17. The average Bonchev–Trinajstić information content (AvgIpc) is 3.38. The monoisotopic (exact) mass is 1160 g/mol. The van der Waals surface area contributed by atoms with Gasteiger partial charge in [0.25, 0.3) is 0 Å². The van der Waals surface area contributed by atoms with Crippen LogP contribution in [0.3, 0.4) is 0 Å². The van der Waals surface area contributed by atoms with Gasteiger partial charge in [0.1, 0.15) is 48.3 Å². The normalized spacial score (nSPS) is 14.5. The Morgan fingerprint density at radius 3 is 1.39 bits per heavy atom. The summed E-state index contributed by atoms with van der Waals surface area (Å²) in [6, 6.07) is -9.11. The number of primary amides is 1. The summed E-state index contributed by atoms with van der Waals surface area (Å²) in [5.41, 5.74) is 10.8. The van der Waals surface area contributed by atoms with Crippen LogP contribution in [0, 0.1) is 0 Å². The maximum atomic E-state index is 13.8. The van der Waals surface area contributed by atoms with Gasteiger partial charge in [0.05, 0.1) is 51.7 Å². The van der Waals surface area contributed by atoms with Crippen LogP contribution < -0.4 is 64.6 Å². The number of hydrogen-bond acceptors (Lipinski definition) is 20. The third-order valence-electron chi connectivity index (χ3n) is 10.8. The number of nitrogens with two attached hydrogens (primary N) is 2. The molecule has 444 valence electrons. The molecule has 1 rings (SSSR count). The third-order valence-corrected chi connectivity index (χ3v) is 11.5. The summed E-state index contributed by atoms with van der Waals surface area (Å²) in [4.78, 5) is 190. The van der Waals surface area contributed by atoms with Gasteiger partial charge in [0.2, 0.25) is 65.0 Å². The Balaban J connectivity index is 3.41. The summed E-state index contributed by atoms with van der Waals surface area (Å²) in [5, 5.41) is 88.7. The third kappa shape index (κ3) is 26.2. The number of rotatable bonds is 38. The second-order valence-corrected chi connectivity index (χ2v) is 18.2. The second kappa shape index (κ2) is 35.8. The highest BCUT2D eigenvalue weighted by Crippen LogP contribution is 2.09. The van der Waals surface area contributed by atoms with Gasteiger partial charge in [-0.05, 0) is 37.3 Å². The van der Waals surface area contributed by atoms with Crippen LogP contribution in [0.15, 0.2) is 30.3 Å². The molecule has 1 aromatic carbocycles. The molecular weight excluding hydrogens is 1090 g/mol. The zero-order valence-corrected chi connectivity index (χ0v) is 43.8. The molecule has 1 aromatic rings. The Bertz CT molecular complexity index is 2400. The SMILES string of the molecule is CSCC[C@H](NC(=O)[C@H](CCC(=O)O)NC(=O)[C@H](CC(=O)O)NC(=O)[C@H](CO)NC(=O)[C@H](Cc1ccccc1)NC(=O)[C@H](CO)NC(=O)CNC(=O)[C@H](CC(=O)O)NC(=O)CN)C(=O)N[C@@H](CC(N)=O)C(=O)N[C@H](C(=O)O)[C@@H](C)O. The topological polar surface area (TPSA) is 570 Å². The van der Waals surface area contributed by atoms with Crippen LogP contribution in [-0.2, 0) is 78.3 Å². The van der Waals surface area contributed by atoms with Crippen molar-refractivity contribution in [1.29, 1.82) is 0 Å². The lowest BCUT2D eigenvalue weighted by atomic mass is 10.0. The number of carboxylic acid groups (broad SMARTS) is 4. The molecule has 34 nitrogen and oxygen atoms in total.